The minimum atomic E-state index is -0.170. The van der Waals surface area contributed by atoms with Gasteiger partial charge in [0.15, 0.2) is 0 Å². The number of carbonyl (C=O) groups is 1. The van der Waals surface area contributed by atoms with Gasteiger partial charge >= 0.3 is 5.97 Å². The number of rotatable bonds is 5. The van der Waals surface area contributed by atoms with Gasteiger partial charge in [0, 0.05) is 0 Å². The number of hydrogen-bond acceptors (Lipinski definition) is 2. The summed E-state index contributed by atoms with van der Waals surface area (Å²) in [5, 5.41) is 0.305. The summed E-state index contributed by atoms with van der Waals surface area (Å²) in [5.74, 6) is -0.170. The molecule has 0 unspecified atom stereocenters. The maximum absolute atomic E-state index is 10.5. The summed E-state index contributed by atoms with van der Waals surface area (Å²) in [6, 6.07) is 0. The SMILES string of the molecule is CCCCCOC(=O)CBr.Cl. The molecule has 0 saturated carbocycles. The number of alkyl halides is 1. The predicted molar refractivity (Wildman–Crippen MR) is 51.5 cm³/mol. The largest absolute Gasteiger partial charge is 0.465 e. The molecule has 0 bridgehead atoms. The highest BCUT2D eigenvalue weighted by Gasteiger charge is 1.96. The molecule has 2 nitrogen and oxygen atoms in total. The summed E-state index contributed by atoms with van der Waals surface area (Å²) < 4.78 is 4.81. The van der Waals surface area contributed by atoms with Crippen LogP contribution in [-0.2, 0) is 9.53 Å². The Labute approximate surface area is 82.2 Å². The first-order chi connectivity index (χ1) is 4.81. The second-order valence-electron chi connectivity index (χ2n) is 2.06. The van der Waals surface area contributed by atoms with Crippen molar-refractivity contribution >= 4 is 34.3 Å². The van der Waals surface area contributed by atoms with Crippen LogP contribution in [0, 0.1) is 0 Å². The second-order valence-corrected chi connectivity index (χ2v) is 2.62. The van der Waals surface area contributed by atoms with Crippen LogP contribution in [0.2, 0.25) is 0 Å². The number of esters is 1. The van der Waals surface area contributed by atoms with Gasteiger partial charge < -0.3 is 4.74 Å². The van der Waals surface area contributed by atoms with Crippen LogP contribution in [0.4, 0.5) is 0 Å². The highest BCUT2D eigenvalue weighted by Crippen LogP contribution is 1.95. The maximum Gasteiger partial charge on any atom is 0.316 e. The Morgan fingerprint density at radius 2 is 2.09 bits per heavy atom. The monoisotopic (exact) mass is 244 g/mol. The third-order valence-corrected chi connectivity index (χ3v) is 1.58. The van der Waals surface area contributed by atoms with E-state index in [1.165, 1.54) is 0 Å². The zero-order valence-electron chi connectivity index (χ0n) is 6.64. The molecule has 4 heteroatoms. The van der Waals surface area contributed by atoms with Gasteiger partial charge in [-0.3, -0.25) is 4.79 Å². The summed E-state index contributed by atoms with van der Waals surface area (Å²) in [4.78, 5) is 10.5. The third-order valence-electron chi connectivity index (χ3n) is 1.12. The van der Waals surface area contributed by atoms with Crippen LogP contribution in [-0.4, -0.2) is 17.9 Å². The van der Waals surface area contributed by atoms with Crippen molar-refractivity contribution in [3.05, 3.63) is 0 Å². The zero-order chi connectivity index (χ0) is 7.82. The van der Waals surface area contributed by atoms with Crippen LogP contribution < -0.4 is 0 Å². The molecule has 11 heavy (non-hydrogen) atoms. The van der Waals surface area contributed by atoms with E-state index >= 15 is 0 Å². The molecule has 0 atom stereocenters. The summed E-state index contributed by atoms with van der Waals surface area (Å²) in [5.41, 5.74) is 0. The Kier molecular flexibility index (Phi) is 12.9. The number of ether oxygens (including phenoxy) is 1. The smallest absolute Gasteiger partial charge is 0.316 e. The minimum Gasteiger partial charge on any atom is -0.465 e. The number of halogens is 2. The van der Waals surface area contributed by atoms with Crippen molar-refractivity contribution in [3.8, 4) is 0 Å². The van der Waals surface area contributed by atoms with E-state index in [2.05, 4.69) is 22.9 Å². The molecule has 0 spiro atoms. The molecule has 68 valence electrons. The zero-order valence-corrected chi connectivity index (χ0v) is 9.04. The Bertz CT molecular complexity index is 98.4. The average molecular weight is 246 g/mol. The van der Waals surface area contributed by atoms with Gasteiger partial charge in [0.2, 0.25) is 0 Å². The van der Waals surface area contributed by atoms with Crippen molar-refractivity contribution in [1.82, 2.24) is 0 Å². The first-order valence-corrected chi connectivity index (χ1v) is 4.65. The summed E-state index contributed by atoms with van der Waals surface area (Å²) >= 11 is 3.01. The highest BCUT2D eigenvalue weighted by atomic mass is 79.9. The maximum atomic E-state index is 10.5. The Morgan fingerprint density at radius 3 is 2.55 bits per heavy atom. The molecule has 0 amide bonds. The van der Waals surface area contributed by atoms with Crippen molar-refractivity contribution < 1.29 is 9.53 Å². The molecular formula is C7H14BrClO2. The van der Waals surface area contributed by atoms with Crippen LogP contribution in [0.15, 0.2) is 0 Å². The van der Waals surface area contributed by atoms with Gasteiger partial charge in [0.1, 0.15) is 5.33 Å². The second kappa shape index (κ2) is 10.2. The molecule has 0 aliphatic rings. The number of unbranched alkanes of at least 4 members (excludes halogenated alkanes) is 2. The van der Waals surface area contributed by atoms with E-state index < -0.39 is 0 Å². The Hall–Kier alpha value is 0.240. The summed E-state index contributed by atoms with van der Waals surface area (Å²) in [6.45, 7) is 2.69. The molecule has 0 fully saturated rings. The van der Waals surface area contributed by atoms with Crippen molar-refractivity contribution in [2.45, 2.75) is 26.2 Å². The van der Waals surface area contributed by atoms with Gasteiger partial charge in [-0.25, -0.2) is 0 Å². The fourth-order valence-corrected chi connectivity index (χ4v) is 0.739. The lowest BCUT2D eigenvalue weighted by atomic mass is 10.3. The van der Waals surface area contributed by atoms with Gasteiger partial charge in [0.05, 0.1) is 6.61 Å². The van der Waals surface area contributed by atoms with E-state index in [0.717, 1.165) is 19.3 Å². The average Bonchev–Trinajstić information content (AvgIpc) is 1.98. The molecule has 0 rings (SSSR count). The third kappa shape index (κ3) is 10.2. The van der Waals surface area contributed by atoms with E-state index in [4.69, 9.17) is 4.74 Å². The van der Waals surface area contributed by atoms with Crippen LogP contribution in [0.25, 0.3) is 0 Å². The van der Waals surface area contributed by atoms with E-state index in [9.17, 15) is 4.79 Å². The van der Waals surface area contributed by atoms with E-state index in [-0.39, 0.29) is 18.4 Å². The van der Waals surface area contributed by atoms with Crippen LogP contribution >= 0.6 is 28.3 Å². The molecule has 0 aliphatic carbocycles. The topological polar surface area (TPSA) is 26.3 Å². The fraction of sp³-hybridized carbons (Fsp3) is 0.857. The van der Waals surface area contributed by atoms with Gasteiger partial charge in [0.25, 0.3) is 0 Å². The number of carbonyl (C=O) groups excluding carboxylic acids is 1. The van der Waals surface area contributed by atoms with E-state index in [1.54, 1.807) is 0 Å². The van der Waals surface area contributed by atoms with Crippen LogP contribution in [0.1, 0.15) is 26.2 Å². The molecule has 0 aromatic rings. The Balaban J connectivity index is 0. The molecule has 0 aliphatic heterocycles. The van der Waals surface area contributed by atoms with E-state index in [0.29, 0.717) is 11.9 Å². The fourth-order valence-electron chi connectivity index (χ4n) is 0.577. The van der Waals surface area contributed by atoms with Gasteiger partial charge in [-0.1, -0.05) is 35.7 Å². The molecular weight excluding hydrogens is 231 g/mol. The predicted octanol–water partition coefficient (Wildman–Crippen LogP) is 2.54. The van der Waals surface area contributed by atoms with E-state index in [1.807, 2.05) is 0 Å². The standard InChI is InChI=1S/C7H13BrO2.ClH/c1-2-3-4-5-10-7(9)6-8;/h2-6H2,1H3;1H. The molecule has 0 radical (unpaired) electrons. The van der Waals surface area contributed by atoms with Gasteiger partial charge in [-0.2, -0.15) is 0 Å². The van der Waals surface area contributed by atoms with Gasteiger partial charge in [-0.15, -0.1) is 12.4 Å². The minimum absolute atomic E-state index is 0. The number of hydrogen-bond donors (Lipinski definition) is 0. The molecule has 0 N–H and O–H groups in total. The molecule has 0 saturated heterocycles. The lowest BCUT2D eigenvalue weighted by Crippen LogP contribution is -2.06. The normalized spacial score (nSPS) is 8.55. The van der Waals surface area contributed by atoms with Crippen molar-refractivity contribution in [1.29, 1.82) is 0 Å². The lowest BCUT2D eigenvalue weighted by molar-refractivity contribution is -0.140. The van der Waals surface area contributed by atoms with Crippen LogP contribution in [0.3, 0.4) is 0 Å². The molecule has 0 heterocycles. The molecule has 0 aromatic carbocycles. The highest BCUT2D eigenvalue weighted by molar-refractivity contribution is 9.09. The first kappa shape index (κ1) is 13.8. The Morgan fingerprint density at radius 1 is 1.45 bits per heavy atom. The van der Waals surface area contributed by atoms with Crippen LogP contribution in [0.5, 0.6) is 0 Å². The summed E-state index contributed by atoms with van der Waals surface area (Å²) in [6.07, 6.45) is 3.27. The summed E-state index contributed by atoms with van der Waals surface area (Å²) in [7, 11) is 0. The van der Waals surface area contributed by atoms with Crippen molar-refractivity contribution in [3.63, 3.8) is 0 Å². The van der Waals surface area contributed by atoms with Crippen molar-refractivity contribution in [2.24, 2.45) is 0 Å². The lowest BCUT2D eigenvalue weighted by Gasteiger charge is -1.99. The molecule has 0 aromatic heterocycles. The van der Waals surface area contributed by atoms with Crippen molar-refractivity contribution in [2.75, 3.05) is 11.9 Å². The van der Waals surface area contributed by atoms with Gasteiger partial charge in [-0.05, 0) is 6.42 Å². The quantitative estimate of drug-likeness (QED) is 0.423. The first-order valence-electron chi connectivity index (χ1n) is 3.52.